The molecule has 0 bridgehead atoms. The Bertz CT molecular complexity index is 1600. The second-order valence-electron chi connectivity index (χ2n) is 21.9. The molecule has 5 saturated heterocycles. The number of fused-ring (bicyclic) bond motifs is 3. The lowest BCUT2D eigenvalue weighted by molar-refractivity contribution is -0.126. The molecule has 5 N–H and O–H groups in total. The Hall–Kier alpha value is -1.38. The molecule has 6 heterocycles. The summed E-state index contributed by atoms with van der Waals surface area (Å²) in [5.74, 6) is 1.93. The second-order valence-corrected chi connectivity index (χ2v) is 23.4. The predicted octanol–water partition coefficient (Wildman–Crippen LogP) is 5.34. The van der Waals surface area contributed by atoms with Crippen LogP contribution in [-0.4, -0.2) is 131 Å². The summed E-state index contributed by atoms with van der Waals surface area (Å²) in [6.07, 6.45) is 17.2. The largest absolute Gasteiger partial charge is 0.380 e. The van der Waals surface area contributed by atoms with E-state index in [0.717, 1.165) is 70.9 Å². The minimum atomic E-state index is -0.201. The van der Waals surface area contributed by atoms with Crippen LogP contribution < -0.4 is 27.0 Å². The van der Waals surface area contributed by atoms with Gasteiger partial charge in [-0.3, -0.25) is 19.6 Å². The molecule has 9 aliphatic rings. The lowest BCUT2D eigenvalue weighted by Crippen LogP contribution is -2.62. The number of likely N-dealkylation sites (tertiary alicyclic amines) is 2. The maximum atomic E-state index is 13.5. The van der Waals surface area contributed by atoms with E-state index in [9.17, 15) is 10.1 Å². The van der Waals surface area contributed by atoms with Gasteiger partial charge in [-0.1, -0.05) is 27.7 Å². The monoisotopic (exact) mass is 865 g/mol. The second kappa shape index (κ2) is 18.5. The quantitative estimate of drug-likeness (QED) is 0.215. The number of hydrazine groups is 2. The van der Waals surface area contributed by atoms with Gasteiger partial charge in [0.2, 0.25) is 5.91 Å². The summed E-state index contributed by atoms with van der Waals surface area (Å²) in [4.78, 5) is 27.4. The average molecular weight is 865 g/mol. The van der Waals surface area contributed by atoms with Crippen LogP contribution in [0.2, 0.25) is 0 Å². The molecule has 11 unspecified atom stereocenters. The summed E-state index contributed by atoms with van der Waals surface area (Å²) in [5, 5.41) is 14.0. The van der Waals surface area contributed by atoms with E-state index >= 15 is 0 Å². The molecule has 1 spiro atoms. The van der Waals surface area contributed by atoms with Crippen molar-refractivity contribution in [3.05, 3.63) is 0 Å². The minimum absolute atomic E-state index is 0.0262. The van der Waals surface area contributed by atoms with Crippen LogP contribution in [0.3, 0.4) is 0 Å². The Labute approximate surface area is 371 Å². The van der Waals surface area contributed by atoms with Crippen LogP contribution in [0.25, 0.3) is 0 Å². The third-order valence-corrected chi connectivity index (χ3v) is 19.8. The number of thioether (sulfide) groups is 1. The summed E-state index contributed by atoms with van der Waals surface area (Å²) in [6, 6.07) is 3.37. The van der Waals surface area contributed by atoms with E-state index in [0.29, 0.717) is 46.0 Å². The molecule has 13 nitrogen and oxygen atoms in total. The number of rotatable bonds is 8. The van der Waals surface area contributed by atoms with Gasteiger partial charge in [0.15, 0.2) is 0 Å². The number of hydrogen-bond donors (Lipinski definition) is 5. The Morgan fingerprint density at radius 2 is 1.61 bits per heavy atom. The molecule has 3 saturated carbocycles. The number of carbonyl (C=O) groups excluding carboxylic acids is 1. The molecule has 0 radical (unpaired) electrons. The fourth-order valence-corrected chi connectivity index (χ4v) is 15.8. The number of methoxy groups -OCH3 is 1. The lowest BCUT2D eigenvalue weighted by atomic mass is 9.62. The van der Waals surface area contributed by atoms with Gasteiger partial charge in [-0.2, -0.15) is 5.26 Å². The van der Waals surface area contributed by atoms with Gasteiger partial charge in [0.05, 0.1) is 60.2 Å². The van der Waals surface area contributed by atoms with E-state index in [1.165, 1.54) is 51.6 Å². The topological polar surface area (TPSA) is 142 Å². The summed E-state index contributed by atoms with van der Waals surface area (Å²) in [6.45, 7) is 19.3. The molecule has 8 fully saturated rings. The minimum Gasteiger partial charge on any atom is -0.380 e. The number of amides is 1. The highest BCUT2D eigenvalue weighted by Crippen LogP contribution is 2.54. The van der Waals surface area contributed by atoms with E-state index in [2.05, 4.69) is 101 Å². The molecule has 0 aromatic rings. The van der Waals surface area contributed by atoms with Gasteiger partial charge in [-0.05, 0) is 139 Å². The van der Waals surface area contributed by atoms with Crippen molar-refractivity contribution in [1.29, 1.82) is 5.26 Å². The Balaban J connectivity index is 0.711. The molecule has 9 rings (SSSR count). The van der Waals surface area contributed by atoms with Crippen LogP contribution in [-0.2, 0) is 14.3 Å². The Morgan fingerprint density at radius 1 is 0.869 bits per heavy atom. The van der Waals surface area contributed by atoms with E-state index in [1.54, 1.807) is 12.8 Å². The van der Waals surface area contributed by atoms with Gasteiger partial charge in [0.1, 0.15) is 6.04 Å². The highest BCUT2D eigenvalue weighted by molar-refractivity contribution is 8.00. The lowest BCUT2D eigenvalue weighted by Gasteiger charge is -2.49. The molecule has 61 heavy (non-hydrogen) atoms. The van der Waals surface area contributed by atoms with Crippen LogP contribution >= 0.6 is 11.8 Å². The van der Waals surface area contributed by atoms with E-state index in [1.807, 2.05) is 0 Å². The van der Waals surface area contributed by atoms with Crippen LogP contribution in [0.15, 0.2) is 4.99 Å². The van der Waals surface area contributed by atoms with Crippen molar-refractivity contribution in [2.75, 3.05) is 33.3 Å². The molecular formula is C47H80N10O3S. The number of nitrogens with one attached hydrogen (secondary N) is 5. The molecule has 342 valence electrons. The molecule has 3 aliphatic carbocycles. The van der Waals surface area contributed by atoms with Crippen LogP contribution in [0.1, 0.15) is 138 Å². The van der Waals surface area contributed by atoms with E-state index < -0.39 is 0 Å². The predicted molar refractivity (Wildman–Crippen MR) is 242 cm³/mol. The third kappa shape index (κ3) is 8.86. The number of piperidine rings is 1. The number of hydrogen-bond acceptors (Lipinski definition) is 13. The fraction of sp³-hybridized carbons (Fsp3) is 0.936. The fourth-order valence-electron chi connectivity index (χ4n) is 13.9. The van der Waals surface area contributed by atoms with Crippen LogP contribution in [0.5, 0.6) is 0 Å². The highest BCUT2D eigenvalue weighted by atomic mass is 32.2. The maximum absolute atomic E-state index is 13.5. The zero-order chi connectivity index (χ0) is 42.6. The van der Waals surface area contributed by atoms with Gasteiger partial charge >= 0.3 is 0 Å². The maximum Gasteiger partial charge on any atom is 0.238 e. The molecule has 1 amide bonds. The van der Waals surface area contributed by atoms with Crippen molar-refractivity contribution < 1.29 is 14.3 Å². The SMILES string of the molecule is COC1CC(OC2CCC(NC(=O)C3CCC(N4CC(C)(C)C5(CCN(C6CCC(C7=N[C@@H](C)C8NNC(C)N8C8SC(C)C(C)C78)CC6)CC5)C4)NN3)CC2)CCC1C#N. The van der Waals surface area contributed by atoms with E-state index in [4.69, 9.17) is 14.5 Å². The standard InChI is InChI=1S/C47H80N10O3S/c1-28-30(3)61-45-41(28)42(49-29(2)43-54-51-31(4)57(43)45)32-8-13-35(14-9-32)55-22-20-47(21-23-55)27-56(26-46(47,5)6)40-19-18-38(52-53-40)44(58)50-34-11-16-36(17-12-34)60-37-15-10-33(25-48)39(24-37)59-7/h28-41,43,45,51-54H,8-24,26-27H2,1-7H3,(H,50,58)/t28?,29-,30?,31?,32?,33?,34?,35?,36?,37?,38?,39?,40?,41?,43?,45?/m0/s1. The Kier molecular flexibility index (Phi) is 13.6. The summed E-state index contributed by atoms with van der Waals surface area (Å²) in [5.41, 5.74) is 16.4. The van der Waals surface area contributed by atoms with Crippen molar-refractivity contribution in [2.24, 2.45) is 39.5 Å². The summed E-state index contributed by atoms with van der Waals surface area (Å²) in [7, 11) is 1.70. The highest BCUT2D eigenvalue weighted by Gasteiger charge is 2.56. The van der Waals surface area contributed by atoms with Crippen molar-refractivity contribution in [3.8, 4) is 6.07 Å². The van der Waals surface area contributed by atoms with Crippen molar-refractivity contribution in [2.45, 2.75) is 209 Å². The zero-order valence-corrected chi connectivity index (χ0v) is 39.4. The zero-order valence-electron chi connectivity index (χ0n) is 38.5. The number of ether oxygens (including phenoxy) is 2. The molecular weight excluding hydrogens is 785 g/mol. The summed E-state index contributed by atoms with van der Waals surface area (Å²) < 4.78 is 12.1. The molecule has 0 aromatic carbocycles. The van der Waals surface area contributed by atoms with Crippen LogP contribution in [0, 0.1) is 45.8 Å². The molecule has 0 aromatic heterocycles. The number of carbonyl (C=O) groups is 1. The van der Waals surface area contributed by atoms with Gasteiger partial charge in [0.25, 0.3) is 0 Å². The van der Waals surface area contributed by atoms with Gasteiger partial charge < -0.3 is 19.7 Å². The van der Waals surface area contributed by atoms with E-state index in [-0.39, 0.29) is 66.0 Å². The molecule has 12 atom stereocenters. The first kappa shape index (κ1) is 44.8. The van der Waals surface area contributed by atoms with Gasteiger partial charge in [0, 0.05) is 55.6 Å². The van der Waals surface area contributed by atoms with Crippen molar-refractivity contribution >= 4 is 23.4 Å². The average Bonchev–Trinajstić information content (AvgIpc) is 3.85. The first-order valence-corrected chi connectivity index (χ1v) is 25.7. The van der Waals surface area contributed by atoms with Gasteiger partial charge in [-0.15, -0.1) is 11.8 Å². The number of nitrogens with zero attached hydrogens (tertiary/aromatic N) is 5. The van der Waals surface area contributed by atoms with Gasteiger partial charge in [-0.25, -0.2) is 21.7 Å². The number of aliphatic imine (C=N–C) groups is 1. The molecule has 6 aliphatic heterocycles. The summed E-state index contributed by atoms with van der Waals surface area (Å²) >= 11 is 2.19. The number of nitriles is 1. The van der Waals surface area contributed by atoms with Crippen molar-refractivity contribution in [1.82, 2.24) is 41.7 Å². The third-order valence-electron chi connectivity index (χ3n) is 18.1. The Morgan fingerprint density at radius 3 is 2.30 bits per heavy atom. The smallest absolute Gasteiger partial charge is 0.238 e. The van der Waals surface area contributed by atoms with Crippen molar-refractivity contribution in [3.63, 3.8) is 0 Å². The first-order valence-electron chi connectivity index (χ1n) is 24.8. The molecule has 14 heteroatoms. The first-order chi connectivity index (χ1) is 29.4. The van der Waals surface area contributed by atoms with Crippen LogP contribution in [0.4, 0.5) is 0 Å². The normalized spacial score (nSPS) is 45.7.